The van der Waals surface area contributed by atoms with E-state index in [9.17, 15) is 5.11 Å². The molecule has 90 valence electrons. The van der Waals surface area contributed by atoms with Gasteiger partial charge < -0.3 is 15.2 Å². The second-order valence-electron chi connectivity index (χ2n) is 4.81. The molecule has 0 aliphatic carbocycles. The van der Waals surface area contributed by atoms with Crippen molar-refractivity contribution in [2.24, 2.45) is 0 Å². The molecule has 0 saturated heterocycles. The summed E-state index contributed by atoms with van der Waals surface area (Å²) in [6.45, 7) is 1.78. The van der Waals surface area contributed by atoms with Crippen molar-refractivity contribution in [1.29, 1.82) is 0 Å². The maximum absolute atomic E-state index is 9.94. The second-order valence-corrected chi connectivity index (χ2v) is 4.81. The summed E-state index contributed by atoms with van der Waals surface area (Å²) in [4.78, 5) is 0. The number of phenols is 1. The zero-order valence-corrected chi connectivity index (χ0v) is 9.81. The van der Waals surface area contributed by atoms with Gasteiger partial charge in [0.15, 0.2) is 11.5 Å². The number of rotatable bonds is 0. The average molecular weight is 239 g/mol. The number of benzene rings is 2. The van der Waals surface area contributed by atoms with Crippen molar-refractivity contribution in [2.75, 3.05) is 6.54 Å². The lowest BCUT2D eigenvalue weighted by Gasteiger charge is -2.33. The summed E-state index contributed by atoms with van der Waals surface area (Å²) in [6.07, 6.45) is 0. The summed E-state index contributed by atoms with van der Waals surface area (Å²) in [7, 11) is 0. The van der Waals surface area contributed by atoms with Crippen molar-refractivity contribution in [2.45, 2.75) is 12.5 Å². The van der Waals surface area contributed by atoms with Crippen molar-refractivity contribution in [1.82, 2.24) is 5.32 Å². The summed E-state index contributed by atoms with van der Waals surface area (Å²) in [5.74, 6) is 1.98. The van der Waals surface area contributed by atoms with Crippen molar-refractivity contribution >= 4 is 0 Å². The van der Waals surface area contributed by atoms with Crippen LogP contribution >= 0.6 is 0 Å². The summed E-state index contributed by atoms with van der Waals surface area (Å²) in [5.41, 5.74) is 3.63. The van der Waals surface area contributed by atoms with Gasteiger partial charge in [0.05, 0.1) is 0 Å². The van der Waals surface area contributed by atoms with E-state index in [0.29, 0.717) is 5.75 Å². The van der Waals surface area contributed by atoms with Crippen LogP contribution in [0.1, 0.15) is 22.6 Å². The number of ether oxygens (including phenoxy) is 1. The Morgan fingerprint density at radius 1 is 1.17 bits per heavy atom. The third-order valence-corrected chi connectivity index (χ3v) is 3.78. The van der Waals surface area contributed by atoms with Crippen LogP contribution in [0.3, 0.4) is 0 Å². The van der Waals surface area contributed by atoms with Gasteiger partial charge in [0.25, 0.3) is 0 Å². The van der Waals surface area contributed by atoms with Crippen LogP contribution in [0.25, 0.3) is 0 Å². The molecule has 4 rings (SSSR count). The molecule has 0 saturated carbocycles. The molecule has 2 aliphatic rings. The Morgan fingerprint density at radius 2 is 2.06 bits per heavy atom. The fourth-order valence-electron chi connectivity index (χ4n) is 2.98. The standard InChI is InChI=1S/C15H13NO2/c17-12-5-2-4-10-11-8-16-7-9-3-1-6-13(14(9)11)18-15(10)12/h1-6,11,16-17H,7-8H2. The first-order chi connectivity index (χ1) is 8.84. The van der Waals surface area contributed by atoms with Gasteiger partial charge in [0.2, 0.25) is 0 Å². The van der Waals surface area contributed by atoms with Gasteiger partial charge in [0.1, 0.15) is 5.75 Å². The van der Waals surface area contributed by atoms with E-state index in [-0.39, 0.29) is 11.7 Å². The first kappa shape index (κ1) is 9.97. The SMILES string of the molecule is Oc1cccc2c1Oc1cccc3c1C2CNC3. The molecule has 0 fully saturated rings. The molecule has 1 unspecified atom stereocenters. The van der Waals surface area contributed by atoms with Gasteiger partial charge in [-0.25, -0.2) is 0 Å². The molecule has 1 atom stereocenters. The van der Waals surface area contributed by atoms with Crippen molar-refractivity contribution in [3.8, 4) is 17.2 Å². The molecule has 2 aliphatic heterocycles. The van der Waals surface area contributed by atoms with Gasteiger partial charge in [-0.3, -0.25) is 0 Å². The summed E-state index contributed by atoms with van der Waals surface area (Å²) in [6, 6.07) is 11.7. The normalized spacial score (nSPS) is 19.7. The molecular formula is C15H13NO2. The number of aromatic hydroxyl groups is 1. The molecule has 2 N–H and O–H groups in total. The molecule has 18 heavy (non-hydrogen) atoms. The minimum Gasteiger partial charge on any atom is -0.504 e. The van der Waals surface area contributed by atoms with Crippen LogP contribution in [-0.4, -0.2) is 11.7 Å². The van der Waals surface area contributed by atoms with Crippen molar-refractivity contribution in [3.63, 3.8) is 0 Å². The Balaban J connectivity index is 2.00. The van der Waals surface area contributed by atoms with Crippen molar-refractivity contribution in [3.05, 3.63) is 53.1 Å². The van der Waals surface area contributed by atoms with E-state index in [4.69, 9.17) is 4.74 Å². The third kappa shape index (κ3) is 1.22. The van der Waals surface area contributed by atoms with E-state index in [2.05, 4.69) is 11.4 Å². The second kappa shape index (κ2) is 3.50. The lowest BCUT2D eigenvalue weighted by Crippen LogP contribution is -2.30. The lowest BCUT2D eigenvalue weighted by atomic mass is 9.83. The van der Waals surface area contributed by atoms with Gasteiger partial charge in [-0.1, -0.05) is 24.3 Å². The Morgan fingerprint density at radius 3 is 3.00 bits per heavy atom. The van der Waals surface area contributed by atoms with Crippen LogP contribution < -0.4 is 10.1 Å². The molecule has 0 spiro atoms. The molecule has 2 aromatic rings. The maximum atomic E-state index is 9.94. The van der Waals surface area contributed by atoms with Gasteiger partial charge in [-0.2, -0.15) is 0 Å². The molecule has 0 bridgehead atoms. The predicted molar refractivity (Wildman–Crippen MR) is 68.2 cm³/mol. The predicted octanol–water partition coefficient (Wildman–Crippen LogP) is 2.73. The highest BCUT2D eigenvalue weighted by molar-refractivity contribution is 5.61. The number of hydrogen-bond donors (Lipinski definition) is 2. The molecule has 2 heterocycles. The highest BCUT2D eigenvalue weighted by atomic mass is 16.5. The van der Waals surface area contributed by atoms with E-state index in [1.165, 1.54) is 11.1 Å². The van der Waals surface area contributed by atoms with Crippen LogP contribution in [0.15, 0.2) is 36.4 Å². The quantitative estimate of drug-likeness (QED) is 0.742. The summed E-state index contributed by atoms with van der Waals surface area (Å²) >= 11 is 0. The lowest BCUT2D eigenvalue weighted by molar-refractivity contribution is 0.384. The molecule has 0 aromatic heterocycles. The molecule has 3 nitrogen and oxygen atoms in total. The summed E-state index contributed by atoms with van der Waals surface area (Å²) < 4.78 is 5.88. The zero-order valence-electron chi connectivity index (χ0n) is 9.81. The number of fused-ring (bicyclic) bond motifs is 2. The highest BCUT2D eigenvalue weighted by Gasteiger charge is 2.32. The largest absolute Gasteiger partial charge is 0.504 e. The third-order valence-electron chi connectivity index (χ3n) is 3.78. The number of phenolic OH excluding ortho intramolecular Hbond substituents is 1. The van der Waals surface area contributed by atoms with E-state index in [1.807, 2.05) is 24.3 Å². The van der Waals surface area contributed by atoms with Gasteiger partial charge >= 0.3 is 0 Å². The average Bonchev–Trinajstić information content (AvgIpc) is 2.41. The fraction of sp³-hybridized carbons (Fsp3) is 0.200. The van der Waals surface area contributed by atoms with Gasteiger partial charge in [0, 0.05) is 30.1 Å². The minimum absolute atomic E-state index is 0.217. The van der Waals surface area contributed by atoms with E-state index >= 15 is 0 Å². The minimum atomic E-state index is 0.217. The molecule has 2 aromatic carbocycles. The van der Waals surface area contributed by atoms with Crippen LogP contribution in [0.5, 0.6) is 17.2 Å². The van der Waals surface area contributed by atoms with Crippen LogP contribution in [-0.2, 0) is 6.54 Å². The Kier molecular flexibility index (Phi) is 1.94. The van der Waals surface area contributed by atoms with E-state index in [1.54, 1.807) is 6.07 Å². The van der Waals surface area contributed by atoms with Crippen LogP contribution in [0, 0.1) is 0 Å². The number of hydrogen-bond acceptors (Lipinski definition) is 3. The molecule has 0 amide bonds. The Hall–Kier alpha value is -2.00. The van der Waals surface area contributed by atoms with Crippen LogP contribution in [0.4, 0.5) is 0 Å². The van der Waals surface area contributed by atoms with Gasteiger partial charge in [-0.15, -0.1) is 0 Å². The Labute approximate surface area is 105 Å². The number of nitrogens with one attached hydrogen (secondary N) is 1. The van der Waals surface area contributed by atoms with E-state index in [0.717, 1.165) is 24.4 Å². The smallest absolute Gasteiger partial charge is 0.172 e. The van der Waals surface area contributed by atoms with E-state index < -0.39 is 0 Å². The molecular weight excluding hydrogens is 226 g/mol. The topological polar surface area (TPSA) is 41.5 Å². The Bertz CT molecular complexity index is 636. The maximum Gasteiger partial charge on any atom is 0.172 e. The first-order valence-corrected chi connectivity index (χ1v) is 6.17. The number of para-hydroxylation sites is 1. The van der Waals surface area contributed by atoms with Crippen molar-refractivity contribution < 1.29 is 9.84 Å². The molecule has 0 radical (unpaired) electrons. The zero-order chi connectivity index (χ0) is 12.1. The van der Waals surface area contributed by atoms with Gasteiger partial charge in [-0.05, 0) is 17.7 Å². The highest BCUT2D eigenvalue weighted by Crippen LogP contribution is 2.49. The molecule has 3 heteroatoms. The fourth-order valence-corrected chi connectivity index (χ4v) is 2.98. The monoisotopic (exact) mass is 239 g/mol. The first-order valence-electron chi connectivity index (χ1n) is 6.17. The summed E-state index contributed by atoms with van der Waals surface area (Å²) in [5, 5.41) is 13.4. The van der Waals surface area contributed by atoms with Crippen LogP contribution in [0.2, 0.25) is 0 Å².